The van der Waals surface area contributed by atoms with Crippen LogP contribution in [0.25, 0.3) is 9.53 Å². The van der Waals surface area contributed by atoms with Gasteiger partial charge in [-0.1, -0.05) is 11.3 Å². The minimum absolute atomic E-state index is 0.367. The minimum Gasteiger partial charge on any atom is -0.450 e. The molecule has 2 rings (SSSR count). The van der Waals surface area contributed by atoms with Crippen LogP contribution in [0.4, 0.5) is 9.93 Å². The summed E-state index contributed by atoms with van der Waals surface area (Å²) in [4.78, 5) is 15.3. The van der Waals surface area contributed by atoms with E-state index in [0.717, 1.165) is 9.53 Å². The summed E-state index contributed by atoms with van der Waals surface area (Å²) < 4.78 is 5.85. The number of carbonyl (C=O) groups excluding carboxylic acids is 1. The van der Waals surface area contributed by atoms with E-state index in [-0.39, 0.29) is 0 Å². The Bertz CT molecular complexity index is 420. The molecule has 0 saturated carbocycles. The van der Waals surface area contributed by atoms with Crippen LogP contribution in [0.1, 0.15) is 6.92 Å². The highest BCUT2D eigenvalue weighted by molar-refractivity contribution is 7.39. The van der Waals surface area contributed by atoms with Crippen molar-refractivity contribution in [3.8, 4) is 0 Å². The third kappa shape index (κ3) is 1.85. The van der Waals surface area contributed by atoms with Crippen LogP contribution in [-0.4, -0.2) is 17.7 Å². The van der Waals surface area contributed by atoms with Gasteiger partial charge in [-0.2, -0.15) is 0 Å². The Labute approximate surface area is 88.5 Å². The molecule has 6 heteroatoms. The van der Waals surface area contributed by atoms with Crippen LogP contribution in [0.3, 0.4) is 0 Å². The summed E-state index contributed by atoms with van der Waals surface area (Å²) in [6.45, 7) is 2.13. The van der Waals surface area contributed by atoms with Gasteiger partial charge in [-0.3, -0.25) is 5.32 Å². The van der Waals surface area contributed by atoms with Gasteiger partial charge in [0.05, 0.1) is 12.1 Å². The number of thiazole rings is 1. The van der Waals surface area contributed by atoms with E-state index in [1.807, 2.05) is 11.4 Å². The van der Waals surface area contributed by atoms with Crippen molar-refractivity contribution in [1.29, 1.82) is 0 Å². The quantitative estimate of drug-likeness (QED) is 0.859. The second-order valence-electron chi connectivity index (χ2n) is 2.46. The van der Waals surface area contributed by atoms with Crippen molar-refractivity contribution in [1.82, 2.24) is 4.98 Å². The van der Waals surface area contributed by atoms with Crippen LogP contribution >= 0.6 is 22.7 Å². The fourth-order valence-corrected chi connectivity index (χ4v) is 2.80. The van der Waals surface area contributed by atoms with E-state index in [2.05, 4.69) is 10.3 Å². The number of thiophene rings is 1. The predicted molar refractivity (Wildman–Crippen MR) is 58.1 cm³/mol. The molecule has 0 fully saturated rings. The first kappa shape index (κ1) is 9.42. The molecule has 2 aromatic heterocycles. The van der Waals surface area contributed by atoms with Gasteiger partial charge in [0.1, 0.15) is 4.01 Å². The minimum atomic E-state index is -0.450. The summed E-state index contributed by atoms with van der Waals surface area (Å²) in [6.07, 6.45) is -0.450. The number of ether oxygens (including phenoxy) is 1. The Morgan fingerprint density at radius 2 is 2.57 bits per heavy atom. The number of nitrogens with zero attached hydrogens (tertiary/aromatic N) is 1. The average Bonchev–Trinajstić information content (AvgIpc) is 2.63. The molecule has 14 heavy (non-hydrogen) atoms. The number of fused-ring (bicyclic) bond motifs is 1. The lowest BCUT2D eigenvalue weighted by atomic mass is 10.6. The number of nitrogens with one attached hydrogen (secondary N) is 1. The van der Waals surface area contributed by atoms with Crippen molar-refractivity contribution >= 4 is 43.4 Å². The van der Waals surface area contributed by atoms with Gasteiger partial charge in [-0.25, -0.2) is 9.78 Å². The molecule has 2 aromatic rings. The number of rotatable bonds is 2. The highest BCUT2D eigenvalue weighted by Crippen LogP contribution is 2.30. The van der Waals surface area contributed by atoms with E-state index >= 15 is 0 Å². The summed E-state index contributed by atoms with van der Waals surface area (Å²) in [7, 11) is 0. The zero-order valence-electron chi connectivity index (χ0n) is 7.44. The van der Waals surface area contributed by atoms with Gasteiger partial charge in [0.2, 0.25) is 0 Å². The maximum absolute atomic E-state index is 11.0. The first-order valence-electron chi connectivity index (χ1n) is 4.07. The maximum atomic E-state index is 11.0. The Kier molecular flexibility index (Phi) is 2.64. The van der Waals surface area contributed by atoms with Crippen molar-refractivity contribution in [2.75, 3.05) is 11.9 Å². The highest BCUT2D eigenvalue weighted by atomic mass is 32.2. The Balaban J connectivity index is 2.11. The lowest BCUT2D eigenvalue weighted by Gasteiger charge is -1.99. The van der Waals surface area contributed by atoms with Crippen LogP contribution in [-0.2, 0) is 4.74 Å². The first-order chi connectivity index (χ1) is 6.79. The number of aromatic nitrogens is 1. The van der Waals surface area contributed by atoms with Crippen LogP contribution in [0.2, 0.25) is 0 Å². The molecule has 1 N–H and O–H groups in total. The summed E-state index contributed by atoms with van der Waals surface area (Å²) in [5.74, 6) is 0. The molecule has 0 aliphatic carbocycles. The number of hydrogen-bond donors (Lipinski definition) is 1. The molecule has 0 aliphatic heterocycles. The van der Waals surface area contributed by atoms with Crippen LogP contribution in [0.5, 0.6) is 0 Å². The third-order valence-electron chi connectivity index (χ3n) is 1.51. The molecule has 4 nitrogen and oxygen atoms in total. The van der Waals surface area contributed by atoms with Crippen molar-refractivity contribution in [3.05, 3.63) is 11.4 Å². The fourth-order valence-electron chi connectivity index (χ4n) is 0.976. The zero-order chi connectivity index (χ0) is 9.97. The Morgan fingerprint density at radius 3 is 3.29 bits per heavy atom. The Morgan fingerprint density at radius 1 is 1.71 bits per heavy atom. The molecule has 0 spiro atoms. The third-order valence-corrected chi connectivity index (χ3v) is 3.52. The smallest absolute Gasteiger partial charge is 0.413 e. The lowest BCUT2D eigenvalue weighted by Crippen LogP contribution is -2.12. The van der Waals surface area contributed by atoms with Gasteiger partial charge in [0.15, 0.2) is 5.13 Å². The zero-order valence-corrected chi connectivity index (χ0v) is 9.08. The summed E-state index contributed by atoms with van der Waals surface area (Å²) in [6, 6.07) is 1.92. The van der Waals surface area contributed by atoms with Crippen LogP contribution in [0.15, 0.2) is 11.4 Å². The molecule has 0 atom stereocenters. The molecular weight excluding hydrogens is 220 g/mol. The summed E-state index contributed by atoms with van der Waals surface area (Å²) >= 11 is 3.07. The van der Waals surface area contributed by atoms with Gasteiger partial charge < -0.3 is 4.74 Å². The number of anilines is 1. The largest absolute Gasteiger partial charge is 0.450 e. The molecule has 0 unspecified atom stereocenters. The molecule has 2 heterocycles. The average molecular weight is 228 g/mol. The normalized spacial score (nSPS) is 10.4. The lowest BCUT2D eigenvalue weighted by molar-refractivity contribution is 0.168. The molecular formula is C8H8N2O2S2. The first-order valence-corrected chi connectivity index (χ1v) is 5.77. The standard InChI is InChI=1S/C8H8N2O2S2/c1-2-12-8(11)10-7-9-5-3-4-13-6(5)14-7/h3-4H,2H2,1H3,(H,9,10,11). The van der Waals surface area contributed by atoms with Crippen molar-refractivity contribution in [3.63, 3.8) is 0 Å². The second kappa shape index (κ2) is 3.93. The molecule has 0 aliphatic rings. The fraction of sp³-hybridized carbons (Fsp3) is 0.250. The number of amides is 1. The van der Waals surface area contributed by atoms with Gasteiger partial charge in [0.25, 0.3) is 0 Å². The molecule has 0 radical (unpaired) electrons. The van der Waals surface area contributed by atoms with Crippen molar-refractivity contribution < 1.29 is 9.53 Å². The molecule has 0 saturated heterocycles. The van der Waals surface area contributed by atoms with Gasteiger partial charge >= 0.3 is 6.09 Å². The van der Waals surface area contributed by atoms with Gasteiger partial charge in [-0.15, -0.1) is 11.3 Å². The van der Waals surface area contributed by atoms with E-state index in [1.54, 1.807) is 18.3 Å². The van der Waals surface area contributed by atoms with Crippen molar-refractivity contribution in [2.45, 2.75) is 6.92 Å². The SMILES string of the molecule is CCOC(=O)Nc1nc2ccsc2s1. The summed E-state index contributed by atoms with van der Waals surface area (Å²) in [5, 5.41) is 5.13. The van der Waals surface area contributed by atoms with E-state index in [0.29, 0.717) is 11.7 Å². The Hall–Kier alpha value is -1.14. The predicted octanol–water partition coefficient (Wildman–Crippen LogP) is 2.93. The monoisotopic (exact) mass is 228 g/mol. The summed E-state index contributed by atoms with van der Waals surface area (Å²) in [5.41, 5.74) is 0.923. The van der Waals surface area contributed by atoms with E-state index in [1.165, 1.54) is 11.3 Å². The van der Waals surface area contributed by atoms with Gasteiger partial charge in [-0.05, 0) is 18.4 Å². The maximum Gasteiger partial charge on any atom is 0.413 e. The topological polar surface area (TPSA) is 51.2 Å². The highest BCUT2D eigenvalue weighted by Gasteiger charge is 2.08. The molecule has 74 valence electrons. The second-order valence-corrected chi connectivity index (χ2v) is 4.63. The van der Waals surface area contributed by atoms with E-state index < -0.39 is 6.09 Å². The van der Waals surface area contributed by atoms with E-state index in [9.17, 15) is 4.79 Å². The van der Waals surface area contributed by atoms with Gasteiger partial charge in [0, 0.05) is 0 Å². The number of carbonyl (C=O) groups is 1. The molecule has 0 aromatic carbocycles. The number of hydrogen-bond acceptors (Lipinski definition) is 5. The molecule has 0 bridgehead atoms. The van der Waals surface area contributed by atoms with Crippen LogP contribution in [0, 0.1) is 0 Å². The molecule has 1 amide bonds. The van der Waals surface area contributed by atoms with E-state index in [4.69, 9.17) is 4.74 Å². The van der Waals surface area contributed by atoms with Crippen LogP contribution < -0.4 is 5.32 Å². The van der Waals surface area contributed by atoms with Crippen molar-refractivity contribution in [2.24, 2.45) is 0 Å².